The summed E-state index contributed by atoms with van der Waals surface area (Å²) in [5, 5.41) is 0. The predicted octanol–water partition coefficient (Wildman–Crippen LogP) is 0.396. The van der Waals surface area contributed by atoms with Crippen molar-refractivity contribution in [3.8, 4) is 0 Å². The molecule has 0 bridgehead atoms. The Morgan fingerprint density at radius 3 is 2.59 bits per heavy atom. The Bertz CT molecular complexity index is 662. The number of nitrogens with one attached hydrogen (secondary N) is 1. The monoisotopic (exact) mass is 236 g/mol. The summed E-state index contributed by atoms with van der Waals surface area (Å²) < 4.78 is 2.67. The third-order valence-electron chi connectivity index (χ3n) is 2.81. The Morgan fingerprint density at radius 1 is 1.29 bits per heavy atom. The van der Waals surface area contributed by atoms with Crippen molar-refractivity contribution >= 4 is 11.2 Å². The van der Waals surface area contributed by atoms with Crippen LogP contribution in [0.25, 0.3) is 11.2 Å². The maximum absolute atomic E-state index is 12.0. The zero-order chi connectivity index (χ0) is 12.6. The SMILES string of the molecule is CCCn1c(=O)n(C)c(=O)c2[nH]c(CC)nc21. The van der Waals surface area contributed by atoms with E-state index in [4.69, 9.17) is 0 Å². The first kappa shape index (κ1) is 11.6. The van der Waals surface area contributed by atoms with E-state index in [2.05, 4.69) is 9.97 Å². The lowest BCUT2D eigenvalue weighted by atomic mass is 10.4. The van der Waals surface area contributed by atoms with Gasteiger partial charge in [0.05, 0.1) is 0 Å². The molecule has 0 aliphatic heterocycles. The number of rotatable bonds is 3. The molecule has 6 heteroatoms. The molecule has 0 spiro atoms. The van der Waals surface area contributed by atoms with Gasteiger partial charge in [0.2, 0.25) is 0 Å². The maximum atomic E-state index is 12.0. The van der Waals surface area contributed by atoms with Crippen LogP contribution >= 0.6 is 0 Å². The number of nitrogens with zero attached hydrogens (tertiary/aromatic N) is 3. The molecule has 0 amide bonds. The van der Waals surface area contributed by atoms with Gasteiger partial charge in [-0.15, -0.1) is 0 Å². The smallest absolute Gasteiger partial charge is 0.332 e. The third-order valence-corrected chi connectivity index (χ3v) is 2.81. The lowest BCUT2D eigenvalue weighted by Crippen LogP contribution is -2.38. The second-order valence-electron chi connectivity index (χ2n) is 4.03. The summed E-state index contributed by atoms with van der Waals surface area (Å²) in [4.78, 5) is 31.2. The van der Waals surface area contributed by atoms with E-state index in [9.17, 15) is 9.59 Å². The Morgan fingerprint density at radius 2 is 2.00 bits per heavy atom. The lowest BCUT2D eigenvalue weighted by Gasteiger charge is -2.06. The number of aromatic amines is 1. The topological polar surface area (TPSA) is 72.7 Å². The van der Waals surface area contributed by atoms with Crippen LogP contribution in [0, 0.1) is 0 Å². The molecule has 0 aliphatic rings. The first-order valence-corrected chi connectivity index (χ1v) is 5.78. The summed E-state index contributed by atoms with van der Waals surface area (Å²) in [5.41, 5.74) is 0.261. The molecule has 0 saturated heterocycles. The van der Waals surface area contributed by atoms with Crippen LogP contribution in [0.15, 0.2) is 9.59 Å². The van der Waals surface area contributed by atoms with Gasteiger partial charge < -0.3 is 4.98 Å². The van der Waals surface area contributed by atoms with Crippen LogP contribution in [-0.4, -0.2) is 19.1 Å². The van der Waals surface area contributed by atoms with E-state index < -0.39 is 0 Å². The quantitative estimate of drug-likeness (QED) is 0.838. The Balaban J connectivity index is 2.91. The number of hydrogen-bond donors (Lipinski definition) is 1. The van der Waals surface area contributed by atoms with Crippen molar-refractivity contribution < 1.29 is 0 Å². The zero-order valence-electron chi connectivity index (χ0n) is 10.3. The normalized spacial score (nSPS) is 11.2. The highest BCUT2D eigenvalue weighted by Crippen LogP contribution is 2.06. The van der Waals surface area contributed by atoms with Crippen LogP contribution in [0.3, 0.4) is 0 Å². The summed E-state index contributed by atoms with van der Waals surface area (Å²) in [7, 11) is 1.49. The molecule has 1 N–H and O–H groups in total. The Labute approximate surface area is 97.9 Å². The van der Waals surface area contributed by atoms with Gasteiger partial charge in [-0.3, -0.25) is 13.9 Å². The van der Waals surface area contributed by atoms with Crippen LogP contribution in [0.1, 0.15) is 26.1 Å². The lowest BCUT2D eigenvalue weighted by molar-refractivity contribution is 0.611. The number of aromatic nitrogens is 4. The molecule has 2 aromatic rings. The number of H-pyrrole nitrogens is 1. The molecule has 6 nitrogen and oxygen atoms in total. The minimum absolute atomic E-state index is 0.307. The molecule has 0 saturated carbocycles. The average Bonchev–Trinajstić information content (AvgIpc) is 2.76. The van der Waals surface area contributed by atoms with Gasteiger partial charge in [0.1, 0.15) is 11.3 Å². The second-order valence-corrected chi connectivity index (χ2v) is 4.03. The van der Waals surface area contributed by atoms with Gasteiger partial charge in [0, 0.05) is 20.0 Å². The maximum Gasteiger partial charge on any atom is 0.332 e. The summed E-state index contributed by atoms with van der Waals surface area (Å²) in [5.74, 6) is 0.729. The van der Waals surface area contributed by atoms with Gasteiger partial charge in [-0.05, 0) is 6.42 Å². The summed E-state index contributed by atoms with van der Waals surface area (Å²) in [6.07, 6.45) is 1.53. The Hall–Kier alpha value is -1.85. The van der Waals surface area contributed by atoms with Crippen molar-refractivity contribution in [3.05, 3.63) is 26.7 Å². The fraction of sp³-hybridized carbons (Fsp3) is 0.545. The largest absolute Gasteiger partial charge is 0.336 e. The molecule has 2 heterocycles. The highest BCUT2D eigenvalue weighted by molar-refractivity contribution is 5.69. The van der Waals surface area contributed by atoms with Crippen molar-refractivity contribution in [2.45, 2.75) is 33.2 Å². The van der Waals surface area contributed by atoms with E-state index in [0.717, 1.165) is 16.8 Å². The zero-order valence-corrected chi connectivity index (χ0v) is 10.3. The summed E-state index contributed by atoms with van der Waals surface area (Å²) in [6.45, 7) is 4.50. The second kappa shape index (κ2) is 4.20. The van der Waals surface area contributed by atoms with Crippen molar-refractivity contribution in [3.63, 3.8) is 0 Å². The molecule has 2 rings (SSSR count). The molecule has 17 heavy (non-hydrogen) atoms. The molecular formula is C11H16N4O2. The highest BCUT2D eigenvalue weighted by atomic mass is 16.2. The van der Waals surface area contributed by atoms with E-state index in [1.807, 2.05) is 13.8 Å². The number of hydrogen-bond acceptors (Lipinski definition) is 3. The number of imidazole rings is 1. The average molecular weight is 236 g/mol. The minimum atomic E-state index is -0.315. The summed E-state index contributed by atoms with van der Waals surface area (Å²) >= 11 is 0. The van der Waals surface area contributed by atoms with Gasteiger partial charge in [-0.25, -0.2) is 9.78 Å². The minimum Gasteiger partial charge on any atom is -0.336 e. The first-order chi connectivity index (χ1) is 8.10. The Kier molecular flexibility index (Phi) is 2.87. The molecule has 92 valence electrons. The van der Waals surface area contributed by atoms with Gasteiger partial charge >= 0.3 is 5.69 Å². The van der Waals surface area contributed by atoms with Crippen LogP contribution in [0.4, 0.5) is 0 Å². The van der Waals surface area contributed by atoms with E-state index in [-0.39, 0.29) is 11.2 Å². The fourth-order valence-electron chi connectivity index (χ4n) is 1.88. The van der Waals surface area contributed by atoms with Crippen molar-refractivity contribution in [1.29, 1.82) is 0 Å². The molecule has 0 unspecified atom stereocenters. The van der Waals surface area contributed by atoms with Gasteiger partial charge in [-0.2, -0.15) is 0 Å². The predicted molar refractivity (Wildman–Crippen MR) is 65.3 cm³/mol. The third kappa shape index (κ3) is 1.69. The number of aryl methyl sites for hydroxylation is 2. The molecule has 0 fully saturated rings. The molecule has 0 atom stereocenters. The van der Waals surface area contributed by atoms with Gasteiger partial charge in [0.15, 0.2) is 5.65 Å². The van der Waals surface area contributed by atoms with Crippen molar-refractivity contribution in [2.75, 3.05) is 0 Å². The van der Waals surface area contributed by atoms with Gasteiger partial charge in [-0.1, -0.05) is 13.8 Å². The molecular weight excluding hydrogens is 220 g/mol. The van der Waals surface area contributed by atoms with E-state index in [1.165, 1.54) is 7.05 Å². The summed E-state index contributed by atoms with van der Waals surface area (Å²) in [6, 6.07) is 0. The van der Waals surface area contributed by atoms with Crippen LogP contribution < -0.4 is 11.2 Å². The van der Waals surface area contributed by atoms with Crippen molar-refractivity contribution in [1.82, 2.24) is 19.1 Å². The van der Waals surface area contributed by atoms with Crippen LogP contribution in [-0.2, 0) is 20.0 Å². The van der Waals surface area contributed by atoms with Crippen LogP contribution in [0.2, 0.25) is 0 Å². The molecule has 0 aromatic carbocycles. The molecule has 0 radical (unpaired) electrons. The fourth-order valence-corrected chi connectivity index (χ4v) is 1.88. The highest BCUT2D eigenvalue weighted by Gasteiger charge is 2.14. The standard InChI is InChI=1S/C11H16N4O2/c1-4-6-15-9-8(12-7(5-2)13-9)10(16)14(3)11(15)17/h4-6H2,1-3H3,(H,12,13). The first-order valence-electron chi connectivity index (χ1n) is 5.78. The van der Waals surface area contributed by atoms with Crippen LogP contribution in [0.5, 0.6) is 0 Å². The molecule has 2 aromatic heterocycles. The van der Waals surface area contributed by atoms with E-state index in [0.29, 0.717) is 24.1 Å². The number of fused-ring (bicyclic) bond motifs is 1. The van der Waals surface area contributed by atoms with E-state index >= 15 is 0 Å². The van der Waals surface area contributed by atoms with Crippen molar-refractivity contribution in [2.24, 2.45) is 7.05 Å². The van der Waals surface area contributed by atoms with Gasteiger partial charge in [0.25, 0.3) is 5.56 Å². The molecule has 0 aliphatic carbocycles. The van der Waals surface area contributed by atoms with E-state index in [1.54, 1.807) is 4.57 Å².